The number of hydrogen-bond donors (Lipinski definition) is 0. The van der Waals surface area contributed by atoms with Gasteiger partial charge in [-0.15, -0.1) is 0 Å². The third-order valence-electron chi connectivity index (χ3n) is 7.03. The van der Waals surface area contributed by atoms with E-state index < -0.39 is 0 Å². The molecule has 0 spiro atoms. The molecular formula is C32H41NO4. The summed E-state index contributed by atoms with van der Waals surface area (Å²) < 4.78 is 10.9. The van der Waals surface area contributed by atoms with Crippen LogP contribution in [0.4, 0.5) is 0 Å². The third kappa shape index (κ3) is 10.0. The van der Waals surface area contributed by atoms with E-state index in [4.69, 9.17) is 9.47 Å². The lowest BCUT2D eigenvalue weighted by molar-refractivity contribution is -0.140. The quantitative estimate of drug-likeness (QED) is 0.130. The standard InChI is InChI=1S/C32H41NO4/c1-3-5-7-9-23-36-31(34)28-18-20-29(33-24-28)19-13-26-14-21-30(22-15-26)37-32(35)27-16-11-25(12-17-27)10-8-6-4-2/h14-15,18,20-22,24-25,27H,3-12,16-17,23H2,1-2H3. The van der Waals surface area contributed by atoms with Crippen LogP contribution in [-0.2, 0) is 9.53 Å². The fourth-order valence-corrected chi connectivity index (χ4v) is 4.68. The minimum absolute atomic E-state index is 0.00859. The van der Waals surface area contributed by atoms with Gasteiger partial charge in [0, 0.05) is 11.8 Å². The average molecular weight is 504 g/mol. The Balaban J connectivity index is 1.43. The van der Waals surface area contributed by atoms with Crippen LogP contribution in [0.1, 0.15) is 113 Å². The van der Waals surface area contributed by atoms with Gasteiger partial charge in [0.2, 0.25) is 0 Å². The first-order valence-electron chi connectivity index (χ1n) is 14.1. The number of carbonyl (C=O) groups is 2. The van der Waals surface area contributed by atoms with Crippen molar-refractivity contribution in [3.05, 3.63) is 59.4 Å². The van der Waals surface area contributed by atoms with Crippen LogP contribution in [0.15, 0.2) is 42.6 Å². The number of unbranched alkanes of at least 4 members (excludes halogenated alkanes) is 5. The summed E-state index contributed by atoms with van der Waals surface area (Å²) in [7, 11) is 0. The second-order valence-corrected chi connectivity index (χ2v) is 10.0. The molecule has 5 nitrogen and oxygen atoms in total. The predicted molar refractivity (Wildman–Crippen MR) is 146 cm³/mol. The van der Waals surface area contributed by atoms with Crippen LogP contribution in [0.5, 0.6) is 5.75 Å². The first-order chi connectivity index (χ1) is 18.1. The number of nitrogens with zero attached hydrogens (tertiary/aromatic N) is 1. The lowest BCUT2D eigenvalue weighted by Gasteiger charge is -2.27. The molecule has 0 unspecified atom stereocenters. The van der Waals surface area contributed by atoms with Crippen LogP contribution in [0, 0.1) is 23.7 Å². The van der Waals surface area contributed by atoms with Crippen LogP contribution >= 0.6 is 0 Å². The molecule has 0 radical (unpaired) electrons. The monoisotopic (exact) mass is 503 g/mol. The van der Waals surface area contributed by atoms with E-state index >= 15 is 0 Å². The Morgan fingerprint density at radius 2 is 1.59 bits per heavy atom. The summed E-state index contributed by atoms with van der Waals surface area (Å²) >= 11 is 0. The summed E-state index contributed by atoms with van der Waals surface area (Å²) in [6.45, 7) is 4.82. The third-order valence-corrected chi connectivity index (χ3v) is 7.03. The van der Waals surface area contributed by atoms with Crippen molar-refractivity contribution in [2.45, 2.75) is 90.9 Å². The molecule has 1 aliphatic rings. The first-order valence-corrected chi connectivity index (χ1v) is 14.1. The summed E-state index contributed by atoms with van der Waals surface area (Å²) in [6.07, 6.45) is 15.1. The van der Waals surface area contributed by atoms with E-state index in [0.717, 1.165) is 62.8 Å². The van der Waals surface area contributed by atoms with Crippen molar-refractivity contribution in [1.29, 1.82) is 0 Å². The summed E-state index contributed by atoms with van der Waals surface area (Å²) in [4.78, 5) is 29.0. The van der Waals surface area contributed by atoms with E-state index in [2.05, 4.69) is 30.7 Å². The number of rotatable bonds is 12. The fraction of sp³-hybridized carbons (Fsp3) is 0.531. The van der Waals surface area contributed by atoms with Crippen molar-refractivity contribution in [1.82, 2.24) is 4.98 Å². The predicted octanol–water partition coefficient (Wildman–Crippen LogP) is 7.51. The van der Waals surface area contributed by atoms with E-state index in [0.29, 0.717) is 23.6 Å². The molecule has 1 fully saturated rings. The summed E-state index contributed by atoms with van der Waals surface area (Å²) in [5.74, 6) is 6.93. The van der Waals surface area contributed by atoms with Crippen molar-refractivity contribution in [3.8, 4) is 17.6 Å². The molecule has 0 bridgehead atoms. The SMILES string of the molecule is CCCCCCOC(=O)c1ccc(C#Cc2ccc(OC(=O)C3CCC(CCCCC)CC3)cc2)nc1. The Morgan fingerprint density at radius 3 is 2.27 bits per heavy atom. The number of ether oxygens (including phenoxy) is 2. The minimum Gasteiger partial charge on any atom is -0.462 e. The lowest BCUT2D eigenvalue weighted by atomic mass is 9.80. The van der Waals surface area contributed by atoms with Gasteiger partial charge < -0.3 is 9.47 Å². The van der Waals surface area contributed by atoms with Gasteiger partial charge in [-0.25, -0.2) is 9.78 Å². The van der Waals surface area contributed by atoms with Crippen LogP contribution in [0.3, 0.4) is 0 Å². The number of esters is 2. The van der Waals surface area contributed by atoms with E-state index in [1.807, 2.05) is 12.1 Å². The zero-order chi connectivity index (χ0) is 26.3. The van der Waals surface area contributed by atoms with Gasteiger partial charge in [-0.3, -0.25) is 4.79 Å². The summed E-state index contributed by atoms with van der Waals surface area (Å²) in [5, 5.41) is 0. The molecule has 2 aromatic rings. The van der Waals surface area contributed by atoms with Gasteiger partial charge in [0.05, 0.1) is 18.1 Å². The molecule has 1 saturated carbocycles. The summed E-state index contributed by atoms with van der Waals surface area (Å²) in [5.41, 5.74) is 1.79. The Kier molecular flexibility index (Phi) is 12.2. The Labute approximate surface area is 222 Å². The molecule has 5 heteroatoms. The molecule has 1 aliphatic carbocycles. The Bertz CT molecular complexity index is 1030. The molecule has 0 saturated heterocycles. The van der Waals surface area contributed by atoms with Gasteiger partial charge in [0.25, 0.3) is 0 Å². The molecule has 0 aliphatic heterocycles. The van der Waals surface area contributed by atoms with Crippen molar-refractivity contribution in [2.24, 2.45) is 11.8 Å². The highest BCUT2D eigenvalue weighted by atomic mass is 16.5. The molecule has 1 aromatic carbocycles. The molecule has 37 heavy (non-hydrogen) atoms. The highest BCUT2D eigenvalue weighted by Gasteiger charge is 2.27. The summed E-state index contributed by atoms with van der Waals surface area (Å²) in [6, 6.07) is 10.6. The van der Waals surface area contributed by atoms with Gasteiger partial charge in [-0.05, 0) is 80.3 Å². The van der Waals surface area contributed by atoms with Crippen molar-refractivity contribution in [2.75, 3.05) is 6.61 Å². The number of benzene rings is 1. The van der Waals surface area contributed by atoms with Crippen LogP contribution in [0.2, 0.25) is 0 Å². The van der Waals surface area contributed by atoms with Gasteiger partial charge in [-0.2, -0.15) is 0 Å². The molecule has 0 atom stereocenters. The first kappa shape index (κ1) is 28.4. The van der Waals surface area contributed by atoms with Gasteiger partial charge in [0.1, 0.15) is 11.4 Å². The molecule has 198 valence electrons. The number of pyridine rings is 1. The van der Waals surface area contributed by atoms with Gasteiger partial charge in [0.15, 0.2) is 0 Å². The maximum atomic E-state index is 12.6. The van der Waals surface area contributed by atoms with E-state index in [1.165, 1.54) is 31.9 Å². The topological polar surface area (TPSA) is 65.5 Å². The highest BCUT2D eigenvalue weighted by Crippen LogP contribution is 2.33. The molecule has 0 amide bonds. The zero-order valence-electron chi connectivity index (χ0n) is 22.5. The normalized spacial score (nSPS) is 16.9. The largest absolute Gasteiger partial charge is 0.462 e. The zero-order valence-corrected chi connectivity index (χ0v) is 22.5. The molecular weight excluding hydrogens is 462 g/mol. The van der Waals surface area contributed by atoms with Crippen molar-refractivity contribution >= 4 is 11.9 Å². The van der Waals surface area contributed by atoms with Crippen LogP contribution in [0.25, 0.3) is 0 Å². The smallest absolute Gasteiger partial charge is 0.339 e. The lowest BCUT2D eigenvalue weighted by Crippen LogP contribution is -2.25. The Morgan fingerprint density at radius 1 is 0.865 bits per heavy atom. The molecule has 1 aromatic heterocycles. The van der Waals surface area contributed by atoms with Crippen LogP contribution < -0.4 is 4.74 Å². The van der Waals surface area contributed by atoms with Crippen LogP contribution in [-0.4, -0.2) is 23.5 Å². The van der Waals surface area contributed by atoms with Gasteiger partial charge >= 0.3 is 11.9 Å². The fourth-order valence-electron chi connectivity index (χ4n) is 4.68. The number of aromatic nitrogens is 1. The second-order valence-electron chi connectivity index (χ2n) is 10.0. The van der Waals surface area contributed by atoms with E-state index in [-0.39, 0.29) is 17.9 Å². The average Bonchev–Trinajstić information content (AvgIpc) is 2.93. The van der Waals surface area contributed by atoms with E-state index in [1.54, 1.807) is 24.3 Å². The highest BCUT2D eigenvalue weighted by molar-refractivity contribution is 5.89. The number of hydrogen-bond acceptors (Lipinski definition) is 5. The molecule has 1 heterocycles. The minimum atomic E-state index is -0.353. The second kappa shape index (κ2) is 15.9. The number of carbonyl (C=O) groups excluding carboxylic acids is 2. The Hall–Kier alpha value is -3.13. The van der Waals surface area contributed by atoms with Crippen molar-refractivity contribution in [3.63, 3.8) is 0 Å². The maximum absolute atomic E-state index is 12.6. The maximum Gasteiger partial charge on any atom is 0.339 e. The van der Waals surface area contributed by atoms with Crippen molar-refractivity contribution < 1.29 is 19.1 Å². The molecule has 0 N–H and O–H groups in total. The van der Waals surface area contributed by atoms with E-state index in [9.17, 15) is 9.59 Å². The molecule has 3 rings (SSSR count). The van der Waals surface area contributed by atoms with Gasteiger partial charge in [-0.1, -0.05) is 64.7 Å².